The summed E-state index contributed by atoms with van der Waals surface area (Å²) in [7, 11) is 2.52. The highest BCUT2D eigenvalue weighted by Gasteiger charge is 2.09. The Bertz CT molecular complexity index is 245. The van der Waals surface area contributed by atoms with Gasteiger partial charge in [0.1, 0.15) is 0 Å². The number of carbonyl (C=O) groups is 2. The van der Waals surface area contributed by atoms with Gasteiger partial charge in [-0.2, -0.15) is 0 Å². The number of alkyl carbamates (subject to hydrolysis) is 1. The van der Waals surface area contributed by atoms with Crippen molar-refractivity contribution in [1.29, 1.82) is 0 Å². The second-order valence-electron chi connectivity index (χ2n) is 2.36. The standard InChI is InChI=1S/C8H13NO4/c1-5(7(10)12-3)6(2)9-8(11)13-4/h1-4H3,(H,9,11)/b6-5-. The molecule has 0 aliphatic rings. The van der Waals surface area contributed by atoms with Crippen LogP contribution < -0.4 is 5.32 Å². The van der Waals surface area contributed by atoms with Gasteiger partial charge in [0.2, 0.25) is 0 Å². The summed E-state index contributed by atoms with van der Waals surface area (Å²) in [6, 6.07) is 0. The molecule has 0 atom stereocenters. The van der Waals surface area contributed by atoms with E-state index in [4.69, 9.17) is 0 Å². The zero-order chi connectivity index (χ0) is 10.4. The Kier molecular flexibility index (Phi) is 4.58. The van der Waals surface area contributed by atoms with E-state index in [9.17, 15) is 9.59 Å². The summed E-state index contributed by atoms with van der Waals surface area (Å²) in [6.45, 7) is 3.14. The van der Waals surface area contributed by atoms with Gasteiger partial charge in [-0.25, -0.2) is 9.59 Å². The maximum atomic E-state index is 11.0. The number of hydrogen-bond acceptors (Lipinski definition) is 4. The van der Waals surface area contributed by atoms with Crippen molar-refractivity contribution in [3.8, 4) is 0 Å². The molecule has 0 saturated heterocycles. The van der Waals surface area contributed by atoms with Crippen LogP contribution in [-0.2, 0) is 14.3 Å². The van der Waals surface area contributed by atoms with E-state index >= 15 is 0 Å². The van der Waals surface area contributed by atoms with Gasteiger partial charge in [0.15, 0.2) is 0 Å². The van der Waals surface area contributed by atoms with E-state index in [1.165, 1.54) is 14.2 Å². The Labute approximate surface area is 76.7 Å². The smallest absolute Gasteiger partial charge is 0.411 e. The number of esters is 1. The van der Waals surface area contributed by atoms with E-state index in [-0.39, 0.29) is 0 Å². The van der Waals surface area contributed by atoms with Crippen LogP contribution in [0.15, 0.2) is 11.3 Å². The van der Waals surface area contributed by atoms with Gasteiger partial charge in [-0.05, 0) is 13.8 Å². The van der Waals surface area contributed by atoms with Crippen LogP contribution >= 0.6 is 0 Å². The highest BCUT2D eigenvalue weighted by Crippen LogP contribution is 2.01. The maximum absolute atomic E-state index is 11.0. The number of rotatable bonds is 2. The van der Waals surface area contributed by atoms with Crippen molar-refractivity contribution in [2.75, 3.05) is 14.2 Å². The minimum absolute atomic E-state index is 0.341. The Morgan fingerprint density at radius 3 is 2.00 bits per heavy atom. The molecule has 0 radical (unpaired) electrons. The van der Waals surface area contributed by atoms with Gasteiger partial charge in [-0.1, -0.05) is 0 Å². The normalized spacial score (nSPS) is 11.4. The van der Waals surface area contributed by atoms with Crippen LogP contribution in [0.3, 0.4) is 0 Å². The average Bonchev–Trinajstić information content (AvgIpc) is 2.14. The lowest BCUT2D eigenvalue weighted by Gasteiger charge is -2.06. The molecule has 0 aliphatic carbocycles. The Morgan fingerprint density at radius 1 is 1.08 bits per heavy atom. The molecule has 13 heavy (non-hydrogen) atoms. The van der Waals surface area contributed by atoms with E-state index in [2.05, 4.69) is 14.8 Å². The SMILES string of the molecule is COC(=O)N/C(C)=C(/C)C(=O)OC. The van der Waals surface area contributed by atoms with Crippen molar-refractivity contribution in [3.63, 3.8) is 0 Å². The first-order chi connectivity index (χ1) is 6.02. The first kappa shape index (κ1) is 11.5. The van der Waals surface area contributed by atoms with Crippen LogP contribution in [0.5, 0.6) is 0 Å². The second kappa shape index (κ2) is 5.18. The monoisotopic (exact) mass is 187 g/mol. The van der Waals surface area contributed by atoms with Gasteiger partial charge in [0, 0.05) is 5.70 Å². The number of carbonyl (C=O) groups excluding carboxylic acids is 2. The molecule has 0 fully saturated rings. The van der Waals surface area contributed by atoms with E-state index < -0.39 is 12.1 Å². The quantitative estimate of drug-likeness (QED) is 0.513. The topological polar surface area (TPSA) is 64.6 Å². The van der Waals surface area contributed by atoms with Crippen LogP contribution in [0, 0.1) is 0 Å². The number of ether oxygens (including phenoxy) is 2. The lowest BCUT2D eigenvalue weighted by molar-refractivity contribution is -0.136. The largest absolute Gasteiger partial charge is 0.466 e. The predicted octanol–water partition coefficient (Wildman–Crippen LogP) is 0.809. The molecule has 0 aromatic carbocycles. The number of hydrogen-bond donors (Lipinski definition) is 1. The van der Waals surface area contributed by atoms with Gasteiger partial charge < -0.3 is 9.47 Å². The Balaban J connectivity index is 4.44. The zero-order valence-electron chi connectivity index (χ0n) is 8.13. The van der Waals surface area contributed by atoms with Crippen molar-refractivity contribution in [2.24, 2.45) is 0 Å². The maximum Gasteiger partial charge on any atom is 0.411 e. The van der Waals surface area contributed by atoms with Gasteiger partial charge >= 0.3 is 12.1 Å². The van der Waals surface area contributed by atoms with Crippen molar-refractivity contribution in [3.05, 3.63) is 11.3 Å². The summed E-state index contributed by atoms with van der Waals surface area (Å²) < 4.78 is 8.81. The summed E-state index contributed by atoms with van der Waals surface area (Å²) in [4.78, 5) is 21.7. The van der Waals surface area contributed by atoms with E-state index in [1.807, 2.05) is 0 Å². The van der Waals surface area contributed by atoms with Gasteiger partial charge in [0.05, 0.1) is 19.8 Å². The first-order valence-corrected chi connectivity index (χ1v) is 3.63. The third kappa shape index (κ3) is 3.59. The van der Waals surface area contributed by atoms with Crippen LogP contribution in [0.25, 0.3) is 0 Å². The molecule has 0 aliphatic heterocycles. The Morgan fingerprint density at radius 2 is 1.62 bits per heavy atom. The predicted molar refractivity (Wildman–Crippen MR) is 45.9 cm³/mol. The average molecular weight is 187 g/mol. The van der Waals surface area contributed by atoms with Gasteiger partial charge in [0.25, 0.3) is 0 Å². The molecule has 0 spiro atoms. The summed E-state index contributed by atoms with van der Waals surface area (Å²) in [5.41, 5.74) is 0.756. The second-order valence-corrected chi connectivity index (χ2v) is 2.36. The van der Waals surface area contributed by atoms with Crippen LogP contribution in [0.4, 0.5) is 4.79 Å². The first-order valence-electron chi connectivity index (χ1n) is 3.63. The summed E-state index contributed by atoms with van der Waals surface area (Å²) in [5, 5.41) is 2.36. The van der Waals surface area contributed by atoms with Crippen LogP contribution in [0.1, 0.15) is 13.8 Å². The van der Waals surface area contributed by atoms with E-state index in [0.717, 1.165) is 0 Å². The summed E-state index contributed by atoms with van der Waals surface area (Å²) >= 11 is 0. The van der Waals surface area contributed by atoms with Crippen molar-refractivity contribution < 1.29 is 19.1 Å². The third-order valence-corrected chi connectivity index (χ3v) is 1.53. The number of allylic oxidation sites excluding steroid dienone is 1. The lowest BCUT2D eigenvalue weighted by Crippen LogP contribution is -2.23. The number of amides is 1. The molecule has 1 amide bonds. The number of methoxy groups -OCH3 is 2. The van der Waals surface area contributed by atoms with Crippen molar-refractivity contribution in [2.45, 2.75) is 13.8 Å². The molecule has 0 heterocycles. The lowest BCUT2D eigenvalue weighted by atomic mass is 10.2. The third-order valence-electron chi connectivity index (χ3n) is 1.53. The molecule has 74 valence electrons. The van der Waals surface area contributed by atoms with E-state index in [1.54, 1.807) is 13.8 Å². The fourth-order valence-electron chi connectivity index (χ4n) is 0.604. The molecule has 0 aromatic rings. The molecular formula is C8H13NO4. The molecule has 1 N–H and O–H groups in total. The molecule has 0 saturated carbocycles. The van der Waals surface area contributed by atoms with Crippen LogP contribution in [0.2, 0.25) is 0 Å². The fourth-order valence-corrected chi connectivity index (χ4v) is 0.604. The molecule has 5 heteroatoms. The van der Waals surface area contributed by atoms with Crippen LogP contribution in [-0.4, -0.2) is 26.3 Å². The number of nitrogens with one attached hydrogen (secondary N) is 1. The van der Waals surface area contributed by atoms with Crippen molar-refractivity contribution >= 4 is 12.1 Å². The van der Waals surface area contributed by atoms with Crippen molar-refractivity contribution in [1.82, 2.24) is 5.32 Å². The van der Waals surface area contributed by atoms with Gasteiger partial charge in [-0.15, -0.1) is 0 Å². The Hall–Kier alpha value is -1.52. The van der Waals surface area contributed by atoms with Gasteiger partial charge in [-0.3, -0.25) is 5.32 Å². The highest BCUT2D eigenvalue weighted by atomic mass is 16.5. The molecule has 0 unspecified atom stereocenters. The molecular weight excluding hydrogens is 174 g/mol. The molecule has 0 bridgehead atoms. The molecule has 0 aromatic heterocycles. The highest BCUT2D eigenvalue weighted by molar-refractivity contribution is 5.89. The molecule has 5 nitrogen and oxygen atoms in total. The van der Waals surface area contributed by atoms with E-state index in [0.29, 0.717) is 11.3 Å². The minimum atomic E-state index is -0.610. The molecule has 0 rings (SSSR count). The summed E-state index contributed by atoms with van der Waals surface area (Å²) in [5.74, 6) is -0.478. The zero-order valence-corrected chi connectivity index (χ0v) is 8.13. The summed E-state index contributed by atoms with van der Waals surface area (Å²) in [6.07, 6.45) is -0.610. The minimum Gasteiger partial charge on any atom is -0.466 e. The fraction of sp³-hybridized carbons (Fsp3) is 0.500.